The van der Waals surface area contributed by atoms with E-state index in [-0.39, 0.29) is 5.56 Å². The molecule has 1 rings (SSSR count). The van der Waals surface area contributed by atoms with E-state index in [1.807, 2.05) is 0 Å². The molecule has 0 unspecified atom stereocenters. The highest BCUT2D eigenvalue weighted by molar-refractivity contribution is 7.87. The first-order valence-corrected chi connectivity index (χ1v) is 5.09. The molecule has 6 nitrogen and oxygen atoms in total. The first-order chi connectivity index (χ1) is 6.35. The van der Waals surface area contributed by atoms with Gasteiger partial charge < -0.3 is 5.11 Å². The van der Waals surface area contributed by atoms with Crippen LogP contribution in [0.1, 0.15) is 10.4 Å². The summed E-state index contributed by atoms with van der Waals surface area (Å²) in [6, 6.07) is 1.23. The Kier molecular flexibility index (Phi) is 2.63. The third-order valence-corrected chi connectivity index (χ3v) is 3.32. The molecule has 0 aliphatic heterocycles. The summed E-state index contributed by atoms with van der Waals surface area (Å²) in [5.41, 5.74) is -0.0598. The molecule has 0 saturated carbocycles. The molecule has 0 saturated heterocycles. The third kappa shape index (κ3) is 1.78. The molecule has 0 bridgehead atoms. The summed E-state index contributed by atoms with van der Waals surface area (Å²) in [6.07, 6.45) is 2.25. The number of nitrogens with zero attached hydrogens (tertiary/aromatic N) is 2. The SMILES string of the molecule is CN(C)S(=O)(=O)n1ccc(C(=O)O)c1. The van der Waals surface area contributed by atoms with Crippen molar-refractivity contribution >= 4 is 16.2 Å². The summed E-state index contributed by atoms with van der Waals surface area (Å²) in [5, 5.41) is 8.58. The average molecular weight is 218 g/mol. The second-order valence-corrected chi connectivity index (χ2v) is 4.87. The van der Waals surface area contributed by atoms with Crippen molar-refractivity contribution in [3.05, 3.63) is 24.0 Å². The highest BCUT2D eigenvalue weighted by Gasteiger charge is 2.17. The van der Waals surface area contributed by atoms with Crippen LogP contribution >= 0.6 is 0 Å². The van der Waals surface area contributed by atoms with Crippen LogP contribution in [0.3, 0.4) is 0 Å². The van der Waals surface area contributed by atoms with E-state index < -0.39 is 16.2 Å². The molecular formula is C7H10N2O4S. The Morgan fingerprint density at radius 2 is 2.07 bits per heavy atom. The van der Waals surface area contributed by atoms with Gasteiger partial charge >= 0.3 is 16.2 Å². The van der Waals surface area contributed by atoms with Crippen molar-refractivity contribution in [2.24, 2.45) is 0 Å². The van der Waals surface area contributed by atoms with Crippen molar-refractivity contribution in [1.29, 1.82) is 0 Å². The summed E-state index contributed by atoms with van der Waals surface area (Å²) in [5.74, 6) is -1.15. The Hall–Kier alpha value is -1.34. The van der Waals surface area contributed by atoms with E-state index in [0.717, 1.165) is 14.5 Å². The van der Waals surface area contributed by atoms with Gasteiger partial charge in [-0.05, 0) is 6.07 Å². The van der Waals surface area contributed by atoms with Gasteiger partial charge in [-0.3, -0.25) is 0 Å². The largest absolute Gasteiger partial charge is 0.478 e. The van der Waals surface area contributed by atoms with Gasteiger partial charge in [0.25, 0.3) is 0 Å². The van der Waals surface area contributed by atoms with Crippen LogP contribution in [0.25, 0.3) is 0 Å². The highest BCUT2D eigenvalue weighted by atomic mass is 32.2. The molecule has 1 N–H and O–H groups in total. The number of carbonyl (C=O) groups is 1. The fourth-order valence-electron chi connectivity index (χ4n) is 0.835. The maximum Gasteiger partial charge on any atom is 0.337 e. The maximum atomic E-state index is 11.5. The summed E-state index contributed by atoms with van der Waals surface area (Å²) in [4.78, 5) is 10.5. The molecule has 0 aliphatic rings. The molecule has 0 amide bonds. The fourth-order valence-corrected chi connectivity index (χ4v) is 1.67. The van der Waals surface area contributed by atoms with Crippen molar-refractivity contribution in [2.75, 3.05) is 14.1 Å². The van der Waals surface area contributed by atoms with Crippen LogP contribution in [0.2, 0.25) is 0 Å². The zero-order valence-corrected chi connectivity index (χ0v) is 8.52. The number of carboxylic acid groups (broad SMARTS) is 1. The van der Waals surface area contributed by atoms with Crippen molar-refractivity contribution in [3.8, 4) is 0 Å². The first kappa shape index (κ1) is 10.7. The molecule has 0 aliphatic carbocycles. The summed E-state index contributed by atoms with van der Waals surface area (Å²) in [6.45, 7) is 0. The Morgan fingerprint density at radius 1 is 1.50 bits per heavy atom. The third-order valence-electron chi connectivity index (χ3n) is 1.64. The molecule has 1 aromatic rings. The van der Waals surface area contributed by atoms with Gasteiger partial charge in [0.15, 0.2) is 0 Å². The molecule has 0 atom stereocenters. The van der Waals surface area contributed by atoms with E-state index in [1.165, 1.54) is 26.4 Å². The van der Waals surface area contributed by atoms with Crippen LogP contribution in [0.15, 0.2) is 18.5 Å². The zero-order valence-electron chi connectivity index (χ0n) is 7.71. The lowest BCUT2D eigenvalue weighted by Crippen LogP contribution is -2.27. The van der Waals surface area contributed by atoms with Gasteiger partial charge in [0.1, 0.15) is 0 Å². The van der Waals surface area contributed by atoms with Gasteiger partial charge in [0.05, 0.1) is 5.56 Å². The molecule has 78 valence electrons. The van der Waals surface area contributed by atoms with Crippen LogP contribution in [0, 0.1) is 0 Å². The highest BCUT2D eigenvalue weighted by Crippen LogP contribution is 2.06. The number of rotatable bonds is 3. The Morgan fingerprint density at radius 3 is 2.43 bits per heavy atom. The lowest BCUT2D eigenvalue weighted by atomic mass is 10.4. The number of carboxylic acids is 1. The van der Waals surface area contributed by atoms with Crippen molar-refractivity contribution < 1.29 is 18.3 Å². The van der Waals surface area contributed by atoms with Gasteiger partial charge in [-0.1, -0.05) is 0 Å². The van der Waals surface area contributed by atoms with Crippen LogP contribution in [0.4, 0.5) is 0 Å². The summed E-state index contributed by atoms with van der Waals surface area (Å²) >= 11 is 0. The predicted molar refractivity (Wildman–Crippen MR) is 49.4 cm³/mol. The average Bonchev–Trinajstić information content (AvgIpc) is 2.51. The molecule has 0 aromatic carbocycles. The van der Waals surface area contributed by atoms with Crippen LogP contribution in [-0.4, -0.2) is 41.9 Å². The van der Waals surface area contributed by atoms with Crippen LogP contribution < -0.4 is 0 Å². The molecule has 0 fully saturated rings. The van der Waals surface area contributed by atoms with Crippen molar-refractivity contribution in [1.82, 2.24) is 8.28 Å². The fraction of sp³-hybridized carbons (Fsp3) is 0.286. The minimum Gasteiger partial charge on any atom is -0.478 e. The standard InChI is InChI=1S/C7H10N2O4S/c1-8(2)14(12,13)9-4-3-6(5-9)7(10)11/h3-5H,1-2H3,(H,10,11). The number of hydrogen-bond donors (Lipinski definition) is 1. The number of aromatic carboxylic acids is 1. The number of hydrogen-bond acceptors (Lipinski definition) is 3. The lowest BCUT2D eigenvalue weighted by molar-refractivity contribution is 0.0697. The predicted octanol–water partition coefficient (Wildman–Crippen LogP) is -0.159. The molecular weight excluding hydrogens is 208 g/mol. The van der Waals surface area contributed by atoms with Crippen molar-refractivity contribution in [2.45, 2.75) is 0 Å². The zero-order chi connectivity index (χ0) is 10.9. The minimum absolute atomic E-state index is 0.0598. The van der Waals surface area contributed by atoms with Gasteiger partial charge in [-0.15, -0.1) is 0 Å². The maximum absolute atomic E-state index is 11.5. The number of aromatic nitrogens is 1. The van der Waals surface area contributed by atoms with E-state index in [0.29, 0.717) is 0 Å². The van der Waals surface area contributed by atoms with Gasteiger partial charge in [0, 0.05) is 26.5 Å². The molecule has 1 aromatic heterocycles. The summed E-state index contributed by atoms with van der Waals surface area (Å²) < 4.78 is 24.8. The Balaban J connectivity index is 3.16. The van der Waals surface area contributed by atoms with Gasteiger partial charge in [-0.2, -0.15) is 12.7 Å². The Bertz CT molecular complexity index is 446. The molecule has 0 radical (unpaired) electrons. The smallest absolute Gasteiger partial charge is 0.337 e. The quantitative estimate of drug-likeness (QED) is 0.764. The van der Waals surface area contributed by atoms with Crippen LogP contribution in [0.5, 0.6) is 0 Å². The normalized spacial score (nSPS) is 11.9. The molecule has 1 heterocycles. The minimum atomic E-state index is -3.60. The van der Waals surface area contributed by atoms with E-state index in [9.17, 15) is 13.2 Å². The first-order valence-electron chi connectivity index (χ1n) is 3.70. The lowest BCUT2D eigenvalue weighted by Gasteiger charge is -2.11. The molecule has 0 spiro atoms. The van der Waals surface area contributed by atoms with E-state index in [2.05, 4.69) is 0 Å². The second kappa shape index (κ2) is 3.43. The van der Waals surface area contributed by atoms with E-state index >= 15 is 0 Å². The monoisotopic (exact) mass is 218 g/mol. The Labute approximate surface area is 81.6 Å². The van der Waals surface area contributed by atoms with E-state index in [4.69, 9.17) is 5.11 Å². The van der Waals surface area contributed by atoms with Crippen molar-refractivity contribution in [3.63, 3.8) is 0 Å². The second-order valence-electron chi connectivity index (χ2n) is 2.83. The topological polar surface area (TPSA) is 79.6 Å². The van der Waals surface area contributed by atoms with E-state index in [1.54, 1.807) is 0 Å². The van der Waals surface area contributed by atoms with Gasteiger partial charge in [-0.25, -0.2) is 8.77 Å². The van der Waals surface area contributed by atoms with Gasteiger partial charge in [0.2, 0.25) is 0 Å². The van der Waals surface area contributed by atoms with Crippen LogP contribution in [-0.2, 0) is 10.2 Å². The summed E-state index contributed by atoms with van der Waals surface area (Å²) in [7, 11) is -0.861. The molecule has 14 heavy (non-hydrogen) atoms. The molecule has 7 heteroatoms.